The number of hydrogen-bond donors (Lipinski definition) is 0. The number of likely N-dealkylation sites (N-methyl/N-ethyl adjacent to an activating group) is 1. The molecule has 5 aromatic rings. The van der Waals surface area contributed by atoms with Crippen LogP contribution in [0.1, 0.15) is 37.5 Å². The average Bonchev–Trinajstić information content (AvgIpc) is 3.69. The van der Waals surface area contributed by atoms with E-state index < -0.39 is 21.6 Å². The lowest BCUT2D eigenvalue weighted by Gasteiger charge is -2.18. The number of rotatable bonds is 15. The predicted molar refractivity (Wildman–Crippen MR) is 220 cm³/mol. The van der Waals surface area contributed by atoms with Crippen molar-refractivity contribution in [1.29, 1.82) is 0 Å². The van der Waals surface area contributed by atoms with Gasteiger partial charge in [-0.1, -0.05) is 69.6 Å². The highest BCUT2D eigenvalue weighted by Gasteiger charge is 2.44. The lowest BCUT2D eigenvalue weighted by molar-refractivity contribution is -0.384. The molecule has 11 nitrogen and oxygen atoms in total. The highest BCUT2D eigenvalue weighted by atomic mass is 28.3. The molecule has 0 N–H and O–H groups in total. The van der Waals surface area contributed by atoms with Gasteiger partial charge < -0.3 is 14.4 Å². The van der Waals surface area contributed by atoms with Crippen molar-refractivity contribution < 1.29 is 19.2 Å². The highest BCUT2D eigenvalue weighted by Crippen LogP contribution is 2.44. The third kappa shape index (κ3) is 8.23. The van der Waals surface area contributed by atoms with Crippen LogP contribution in [0.4, 0.5) is 11.4 Å². The second-order valence-electron chi connectivity index (χ2n) is 16.9. The Morgan fingerprint density at radius 3 is 2.17 bits per heavy atom. The minimum absolute atomic E-state index is 0.0518. The number of non-ortho nitro benzene ring substituents is 1. The standard InChI is InChI=1S/C40H52N6O5Si2/c1-10-43-35-25-36-33(24-32(35)40(2,3)39(43)47)41-38(44(36)26-50-18-20-52(4,5)6)37-31-17-16-29(15-14-28-12-11-13-30(22-28)46(48)49)23-34(31)45(42-37)27-51-19-21-53(7,8)9/h11-17,22-25H,10,18-21,26-27H2,1-9H3/b15-14+. The van der Waals surface area contributed by atoms with E-state index in [1.807, 2.05) is 54.6 Å². The van der Waals surface area contributed by atoms with E-state index in [1.165, 1.54) is 6.07 Å². The lowest BCUT2D eigenvalue weighted by Crippen LogP contribution is -2.35. The van der Waals surface area contributed by atoms with E-state index in [2.05, 4.69) is 68.1 Å². The maximum Gasteiger partial charge on any atom is 0.270 e. The molecule has 0 atom stereocenters. The molecule has 2 aromatic heterocycles. The Labute approximate surface area is 313 Å². The molecule has 53 heavy (non-hydrogen) atoms. The van der Waals surface area contributed by atoms with Crippen LogP contribution in [0.2, 0.25) is 51.4 Å². The summed E-state index contributed by atoms with van der Waals surface area (Å²) in [5.74, 6) is 0.782. The van der Waals surface area contributed by atoms with E-state index in [0.717, 1.165) is 62.1 Å². The van der Waals surface area contributed by atoms with Gasteiger partial charge in [-0.3, -0.25) is 19.5 Å². The summed E-state index contributed by atoms with van der Waals surface area (Å²) in [5, 5.41) is 17.4. The highest BCUT2D eigenvalue weighted by molar-refractivity contribution is 6.76. The van der Waals surface area contributed by atoms with Gasteiger partial charge in [0.25, 0.3) is 5.69 Å². The fourth-order valence-corrected chi connectivity index (χ4v) is 8.14. The first-order chi connectivity index (χ1) is 25.0. The average molecular weight is 753 g/mol. The Balaban J connectivity index is 1.46. The number of hydrogen-bond acceptors (Lipinski definition) is 7. The fourth-order valence-electron chi connectivity index (χ4n) is 6.63. The number of aromatic nitrogens is 4. The zero-order chi connectivity index (χ0) is 38.3. The molecule has 1 amide bonds. The van der Waals surface area contributed by atoms with Gasteiger partial charge in [0.2, 0.25) is 5.91 Å². The molecule has 3 aromatic carbocycles. The van der Waals surface area contributed by atoms with Crippen LogP contribution in [-0.4, -0.2) is 66.1 Å². The van der Waals surface area contributed by atoms with Crippen LogP contribution >= 0.6 is 0 Å². The number of nitro benzene ring substituents is 1. The van der Waals surface area contributed by atoms with Crippen molar-refractivity contribution in [2.45, 2.75) is 91.0 Å². The van der Waals surface area contributed by atoms with E-state index >= 15 is 0 Å². The topological polar surface area (TPSA) is 118 Å². The van der Waals surface area contributed by atoms with Crippen LogP contribution in [0.5, 0.6) is 0 Å². The number of ether oxygens (including phenoxy) is 2. The number of carbonyl (C=O) groups excluding carboxylic acids is 1. The zero-order valence-electron chi connectivity index (χ0n) is 32.5. The summed E-state index contributed by atoms with van der Waals surface area (Å²) in [6.45, 7) is 22.4. The summed E-state index contributed by atoms with van der Waals surface area (Å²) in [5.41, 5.74) is 6.22. The van der Waals surface area contributed by atoms with E-state index in [9.17, 15) is 14.9 Å². The number of nitrogens with zero attached hydrogens (tertiary/aromatic N) is 6. The van der Waals surface area contributed by atoms with E-state index in [4.69, 9.17) is 19.6 Å². The van der Waals surface area contributed by atoms with Gasteiger partial charge in [-0.25, -0.2) is 9.67 Å². The number of amides is 1. The van der Waals surface area contributed by atoms with E-state index in [1.54, 1.807) is 12.1 Å². The van der Waals surface area contributed by atoms with Crippen molar-refractivity contribution >= 4 is 67.5 Å². The van der Waals surface area contributed by atoms with Crippen LogP contribution in [0.3, 0.4) is 0 Å². The summed E-state index contributed by atoms with van der Waals surface area (Å²) in [4.78, 5) is 31.5. The summed E-state index contributed by atoms with van der Waals surface area (Å²) in [6, 6.07) is 19.0. The summed E-state index contributed by atoms with van der Waals surface area (Å²) < 4.78 is 16.6. The molecule has 0 saturated heterocycles. The normalized spacial score (nSPS) is 14.7. The molecular formula is C40H52N6O5Si2. The Morgan fingerprint density at radius 2 is 1.53 bits per heavy atom. The van der Waals surface area contributed by atoms with Gasteiger partial charge in [0, 0.05) is 53.4 Å². The molecular weight excluding hydrogens is 701 g/mol. The number of benzene rings is 3. The third-order valence-electron chi connectivity index (χ3n) is 9.89. The number of carbonyl (C=O) groups is 1. The summed E-state index contributed by atoms with van der Waals surface area (Å²) in [6.07, 6.45) is 3.83. The van der Waals surface area contributed by atoms with Crippen molar-refractivity contribution in [2.75, 3.05) is 24.7 Å². The van der Waals surface area contributed by atoms with Crippen molar-refractivity contribution in [2.24, 2.45) is 0 Å². The second kappa shape index (κ2) is 14.8. The Hall–Kier alpha value is -4.44. The quantitative estimate of drug-likeness (QED) is 0.0344. The van der Waals surface area contributed by atoms with Gasteiger partial charge in [0.1, 0.15) is 19.2 Å². The van der Waals surface area contributed by atoms with Gasteiger partial charge in [-0.2, -0.15) is 5.10 Å². The number of imidazole rings is 1. The largest absolute Gasteiger partial charge is 0.361 e. The minimum Gasteiger partial charge on any atom is -0.361 e. The monoisotopic (exact) mass is 752 g/mol. The second-order valence-corrected chi connectivity index (χ2v) is 28.1. The maximum absolute atomic E-state index is 13.4. The fraction of sp³-hybridized carbons (Fsp3) is 0.425. The first-order valence-electron chi connectivity index (χ1n) is 18.4. The Kier molecular flexibility index (Phi) is 10.7. The van der Waals surface area contributed by atoms with Crippen molar-refractivity contribution in [3.8, 4) is 11.5 Å². The van der Waals surface area contributed by atoms with Gasteiger partial charge in [-0.05, 0) is 73.8 Å². The van der Waals surface area contributed by atoms with Crippen LogP contribution in [0, 0.1) is 10.1 Å². The SMILES string of the molecule is CCN1C(=O)C(C)(C)c2cc3nc(-c4nn(COCC[Si](C)(C)C)c5cc(/C=C/c6cccc([N+](=O)[O-])c6)ccc45)n(COCC[Si](C)(C)C)c3cc21. The minimum atomic E-state index is -1.32. The molecule has 1 aliphatic rings. The van der Waals surface area contributed by atoms with E-state index in [0.29, 0.717) is 32.3 Å². The molecule has 0 spiro atoms. The Bertz CT molecular complexity index is 2210. The molecule has 6 rings (SSSR count). The lowest BCUT2D eigenvalue weighted by atomic mass is 9.86. The van der Waals surface area contributed by atoms with Crippen molar-refractivity contribution in [3.63, 3.8) is 0 Å². The van der Waals surface area contributed by atoms with Crippen LogP contribution in [0.25, 0.3) is 45.6 Å². The number of fused-ring (bicyclic) bond motifs is 3. The van der Waals surface area contributed by atoms with Gasteiger partial charge in [0.15, 0.2) is 5.82 Å². The number of nitro groups is 1. The molecule has 0 bridgehead atoms. The van der Waals surface area contributed by atoms with Crippen LogP contribution in [-0.2, 0) is 33.1 Å². The summed E-state index contributed by atoms with van der Waals surface area (Å²) in [7, 11) is -2.62. The molecule has 0 unspecified atom stereocenters. The molecule has 1 aliphatic heterocycles. The van der Waals surface area contributed by atoms with Gasteiger partial charge in [0.05, 0.1) is 32.6 Å². The van der Waals surface area contributed by atoms with Crippen LogP contribution < -0.4 is 4.90 Å². The first kappa shape index (κ1) is 38.3. The van der Waals surface area contributed by atoms with E-state index in [-0.39, 0.29) is 23.2 Å². The first-order valence-corrected chi connectivity index (χ1v) is 25.8. The molecule has 3 heterocycles. The van der Waals surface area contributed by atoms with Crippen molar-refractivity contribution in [1.82, 2.24) is 19.3 Å². The predicted octanol–water partition coefficient (Wildman–Crippen LogP) is 9.40. The number of anilines is 1. The van der Waals surface area contributed by atoms with Crippen molar-refractivity contribution in [3.05, 3.63) is 81.4 Å². The summed E-state index contributed by atoms with van der Waals surface area (Å²) >= 11 is 0. The zero-order valence-corrected chi connectivity index (χ0v) is 34.5. The molecule has 0 radical (unpaired) electrons. The molecule has 0 saturated carbocycles. The maximum atomic E-state index is 13.4. The molecule has 13 heteroatoms. The Morgan fingerprint density at radius 1 is 0.868 bits per heavy atom. The third-order valence-corrected chi connectivity index (χ3v) is 13.3. The van der Waals surface area contributed by atoms with Gasteiger partial charge >= 0.3 is 0 Å². The molecule has 0 aliphatic carbocycles. The van der Waals surface area contributed by atoms with Crippen LogP contribution in [0.15, 0.2) is 54.6 Å². The molecule has 280 valence electrons. The molecule has 0 fully saturated rings. The van der Waals surface area contributed by atoms with Gasteiger partial charge in [-0.15, -0.1) is 0 Å². The smallest absolute Gasteiger partial charge is 0.270 e.